The molecule has 0 spiro atoms. The van der Waals surface area contributed by atoms with Crippen molar-refractivity contribution in [3.05, 3.63) is 97.4 Å². The molecule has 3 nitrogen and oxygen atoms in total. The van der Waals surface area contributed by atoms with Gasteiger partial charge in [-0.15, -0.1) is 24.0 Å². The SMILES string of the molecule is CCC=CC=CN(C(C)=O)c1ccccc1.I.c1ccc2ncccc2c1. The van der Waals surface area contributed by atoms with E-state index in [1.54, 1.807) is 18.0 Å². The maximum absolute atomic E-state index is 11.5. The molecule has 0 aliphatic carbocycles. The second-order valence-corrected chi connectivity index (χ2v) is 5.60. The van der Waals surface area contributed by atoms with Gasteiger partial charge in [0.05, 0.1) is 5.52 Å². The third-order valence-corrected chi connectivity index (χ3v) is 3.60. The summed E-state index contributed by atoms with van der Waals surface area (Å²) in [6.45, 7) is 3.63. The molecule has 0 aliphatic rings. The van der Waals surface area contributed by atoms with E-state index in [9.17, 15) is 4.79 Å². The molecule has 0 atom stereocenters. The van der Waals surface area contributed by atoms with Crippen LogP contribution in [-0.2, 0) is 4.79 Å². The van der Waals surface area contributed by atoms with Crippen LogP contribution < -0.4 is 4.90 Å². The first-order valence-electron chi connectivity index (χ1n) is 8.70. The number of rotatable bonds is 4. The lowest BCUT2D eigenvalue weighted by molar-refractivity contribution is -0.116. The summed E-state index contributed by atoms with van der Waals surface area (Å²) < 4.78 is 0. The van der Waals surface area contributed by atoms with E-state index in [2.05, 4.69) is 24.0 Å². The van der Waals surface area contributed by atoms with Crippen molar-refractivity contribution in [2.24, 2.45) is 0 Å². The Hall–Kier alpha value is -2.47. The summed E-state index contributed by atoms with van der Waals surface area (Å²) in [7, 11) is 0. The average Bonchev–Trinajstić information content (AvgIpc) is 2.69. The first-order chi connectivity index (χ1) is 12.7. The summed E-state index contributed by atoms with van der Waals surface area (Å²) in [6.07, 6.45) is 10.4. The average molecular weight is 472 g/mol. The van der Waals surface area contributed by atoms with Crippen LogP contribution in [0.2, 0.25) is 0 Å². The quantitative estimate of drug-likeness (QED) is 0.327. The van der Waals surface area contributed by atoms with Crippen LogP contribution in [0, 0.1) is 0 Å². The first-order valence-corrected chi connectivity index (χ1v) is 8.70. The molecule has 140 valence electrons. The summed E-state index contributed by atoms with van der Waals surface area (Å²) in [5, 5.41) is 1.20. The fourth-order valence-electron chi connectivity index (χ4n) is 2.33. The Bertz CT molecular complexity index is 810. The third-order valence-electron chi connectivity index (χ3n) is 3.60. The molecule has 0 N–H and O–H groups in total. The number of anilines is 1. The van der Waals surface area contributed by atoms with Gasteiger partial charge in [0.1, 0.15) is 0 Å². The van der Waals surface area contributed by atoms with E-state index in [1.807, 2.05) is 79.0 Å². The van der Waals surface area contributed by atoms with E-state index >= 15 is 0 Å². The minimum absolute atomic E-state index is 0. The van der Waals surface area contributed by atoms with Crippen LogP contribution >= 0.6 is 24.0 Å². The van der Waals surface area contributed by atoms with Crippen molar-refractivity contribution in [3.8, 4) is 0 Å². The number of hydrogen-bond donors (Lipinski definition) is 0. The Balaban J connectivity index is 0.000000284. The molecule has 3 rings (SSSR count). The Morgan fingerprint density at radius 2 is 1.63 bits per heavy atom. The van der Waals surface area contributed by atoms with E-state index in [1.165, 1.54) is 5.39 Å². The molecule has 0 saturated heterocycles. The molecule has 1 amide bonds. The monoisotopic (exact) mass is 472 g/mol. The van der Waals surface area contributed by atoms with Crippen molar-refractivity contribution < 1.29 is 4.79 Å². The summed E-state index contributed by atoms with van der Waals surface area (Å²) >= 11 is 0. The Labute approximate surface area is 178 Å². The molecular weight excluding hydrogens is 447 g/mol. The highest BCUT2D eigenvalue weighted by Gasteiger charge is 2.05. The maximum atomic E-state index is 11.5. The van der Waals surface area contributed by atoms with E-state index < -0.39 is 0 Å². The number of halogens is 1. The molecule has 0 bridgehead atoms. The summed E-state index contributed by atoms with van der Waals surface area (Å²) in [5.41, 5.74) is 1.95. The Morgan fingerprint density at radius 1 is 0.963 bits per heavy atom. The van der Waals surface area contributed by atoms with Crippen LogP contribution in [0.3, 0.4) is 0 Å². The second kappa shape index (κ2) is 12.8. The zero-order valence-electron chi connectivity index (χ0n) is 15.7. The van der Waals surface area contributed by atoms with Crippen molar-refractivity contribution in [1.82, 2.24) is 4.98 Å². The number of allylic oxidation sites excluding steroid dienone is 3. The first kappa shape index (κ1) is 22.6. The number of pyridine rings is 1. The van der Waals surface area contributed by atoms with Gasteiger partial charge in [-0.1, -0.05) is 61.5 Å². The second-order valence-electron chi connectivity index (χ2n) is 5.60. The van der Waals surface area contributed by atoms with Gasteiger partial charge in [0, 0.05) is 30.4 Å². The highest BCUT2D eigenvalue weighted by Crippen LogP contribution is 2.13. The van der Waals surface area contributed by atoms with Crippen LogP contribution in [0.4, 0.5) is 5.69 Å². The predicted octanol–water partition coefficient (Wildman–Crippen LogP) is 6.37. The summed E-state index contributed by atoms with van der Waals surface area (Å²) in [6, 6.07) is 21.7. The largest absolute Gasteiger partial charge is 0.288 e. The maximum Gasteiger partial charge on any atom is 0.227 e. The zero-order chi connectivity index (χ0) is 18.6. The normalized spacial score (nSPS) is 10.3. The molecule has 0 fully saturated rings. The summed E-state index contributed by atoms with van der Waals surface area (Å²) in [4.78, 5) is 17.3. The number of carbonyl (C=O) groups excluding carboxylic acids is 1. The van der Waals surface area contributed by atoms with Gasteiger partial charge >= 0.3 is 0 Å². The third kappa shape index (κ3) is 7.74. The molecule has 0 radical (unpaired) electrons. The summed E-state index contributed by atoms with van der Waals surface area (Å²) in [5.74, 6) is 0.00680. The van der Waals surface area contributed by atoms with Crippen molar-refractivity contribution in [3.63, 3.8) is 0 Å². The molecular formula is C23H25IN2O. The van der Waals surface area contributed by atoms with E-state index in [4.69, 9.17) is 0 Å². The van der Waals surface area contributed by atoms with Gasteiger partial charge in [0.15, 0.2) is 0 Å². The van der Waals surface area contributed by atoms with Gasteiger partial charge in [-0.2, -0.15) is 0 Å². The van der Waals surface area contributed by atoms with Gasteiger partial charge in [-0.05, 0) is 36.8 Å². The van der Waals surface area contributed by atoms with Crippen molar-refractivity contribution >= 4 is 46.5 Å². The highest BCUT2D eigenvalue weighted by molar-refractivity contribution is 14.0. The fraction of sp³-hybridized carbons (Fsp3) is 0.130. The Kier molecular flexibility index (Phi) is 10.7. The Morgan fingerprint density at radius 3 is 2.30 bits per heavy atom. The van der Waals surface area contributed by atoms with Crippen LogP contribution in [0.25, 0.3) is 10.9 Å². The predicted molar refractivity (Wildman–Crippen MR) is 125 cm³/mol. The number of nitrogens with zero attached hydrogens (tertiary/aromatic N) is 2. The number of carbonyl (C=O) groups is 1. The molecule has 4 heteroatoms. The lowest BCUT2D eigenvalue weighted by atomic mass is 10.2. The number of para-hydroxylation sites is 2. The standard InChI is InChI=1S/C14H17NO.C9H7N.HI/c1-3-4-5-9-12-15(13(2)16)14-10-7-6-8-11-14;1-2-6-9-8(4-1)5-3-7-10-9;/h4-12H,3H2,1-2H3;1-7H;1H. The van der Waals surface area contributed by atoms with Gasteiger partial charge in [-0.3, -0.25) is 14.7 Å². The van der Waals surface area contributed by atoms with E-state index in [0.717, 1.165) is 17.6 Å². The minimum Gasteiger partial charge on any atom is -0.288 e. The molecule has 0 saturated carbocycles. The van der Waals surface area contributed by atoms with E-state index in [-0.39, 0.29) is 29.9 Å². The van der Waals surface area contributed by atoms with Crippen molar-refractivity contribution in [1.29, 1.82) is 0 Å². The molecule has 3 aromatic rings. The van der Waals surface area contributed by atoms with Crippen LogP contribution in [0.5, 0.6) is 0 Å². The van der Waals surface area contributed by atoms with Gasteiger partial charge in [0.2, 0.25) is 5.91 Å². The van der Waals surface area contributed by atoms with Crippen molar-refractivity contribution in [2.75, 3.05) is 4.90 Å². The minimum atomic E-state index is 0. The number of hydrogen-bond acceptors (Lipinski definition) is 2. The molecule has 2 aromatic carbocycles. The smallest absolute Gasteiger partial charge is 0.227 e. The lowest BCUT2D eigenvalue weighted by Gasteiger charge is -2.15. The van der Waals surface area contributed by atoms with Gasteiger partial charge < -0.3 is 0 Å². The number of fused-ring (bicyclic) bond motifs is 1. The molecule has 0 aliphatic heterocycles. The van der Waals surface area contributed by atoms with Gasteiger partial charge in [0.25, 0.3) is 0 Å². The highest BCUT2D eigenvalue weighted by atomic mass is 127. The van der Waals surface area contributed by atoms with Crippen LogP contribution in [-0.4, -0.2) is 10.9 Å². The molecule has 0 unspecified atom stereocenters. The lowest BCUT2D eigenvalue weighted by Crippen LogP contribution is -2.21. The van der Waals surface area contributed by atoms with Crippen molar-refractivity contribution in [2.45, 2.75) is 20.3 Å². The van der Waals surface area contributed by atoms with Crippen LogP contribution in [0.15, 0.2) is 97.4 Å². The van der Waals surface area contributed by atoms with Crippen LogP contribution in [0.1, 0.15) is 20.3 Å². The number of aromatic nitrogens is 1. The van der Waals surface area contributed by atoms with Gasteiger partial charge in [-0.25, -0.2) is 0 Å². The fourth-order valence-corrected chi connectivity index (χ4v) is 2.33. The zero-order valence-corrected chi connectivity index (χ0v) is 18.0. The molecule has 1 aromatic heterocycles. The van der Waals surface area contributed by atoms with E-state index in [0.29, 0.717) is 0 Å². The number of benzene rings is 2. The number of amides is 1. The topological polar surface area (TPSA) is 33.2 Å². The molecule has 1 heterocycles. The molecule has 27 heavy (non-hydrogen) atoms.